The fraction of sp³-hybridized carbons (Fsp3) is 0.250. The molecule has 0 unspecified atom stereocenters. The van der Waals surface area contributed by atoms with Crippen LogP contribution in [0.1, 0.15) is 26.4 Å². The lowest BCUT2D eigenvalue weighted by atomic mass is 10.1. The van der Waals surface area contributed by atoms with Crippen molar-refractivity contribution in [2.45, 2.75) is 6.54 Å². The third-order valence-corrected chi connectivity index (χ3v) is 2.70. The van der Waals surface area contributed by atoms with Crippen LogP contribution in [0.3, 0.4) is 0 Å². The van der Waals surface area contributed by atoms with Gasteiger partial charge in [-0.05, 0) is 11.6 Å². The molecule has 1 aliphatic rings. The highest BCUT2D eigenvalue weighted by atomic mass is 79.9. The fourth-order valence-electron chi connectivity index (χ4n) is 1.85. The van der Waals surface area contributed by atoms with Gasteiger partial charge >= 0.3 is 11.9 Å². The molecule has 0 bridgehead atoms. The van der Waals surface area contributed by atoms with Crippen molar-refractivity contribution in [3.63, 3.8) is 0 Å². The Bertz CT molecular complexity index is 562. The summed E-state index contributed by atoms with van der Waals surface area (Å²) in [5, 5.41) is 17.9. The predicted molar refractivity (Wildman–Crippen MR) is 75.8 cm³/mol. The molecule has 2 heterocycles. The van der Waals surface area contributed by atoms with E-state index in [0.717, 1.165) is 0 Å². The van der Waals surface area contributed by atoms with Gasteiger partial charge in [-0.1, -0.05) is 0 Å². The normalized spacial score (nSPS) is 13.2. The Kier molecular flexibility index (Phi) is 5.09. The zero-order chi connectivity index (χ0) is 14.0. The number of hydrogen-bond donors (Lipinski definition) is 2. The van der Waals surface area contributed by atoms with Crippen molar-refractivity contribution in [3.8, 4) is 0 Å². The second-order valence-corrected chi connectivity index (χ2v) is 4.29. The highest BCUT2D eigenvalue weighted by Crippen LogP contribution is 2.14. The lowest BCUT2D eigenvalue weighted by molar-refractivity contribution is 0.0646. The number of pyridine rings is 1. The molecule has 0 fully saturated rings. The largest absolute Gasteiger partial charge is 0.478 e. The fourth-order valence-corrected chi connectivity index (χ4v) is 1.85. The van der Waals surface area contributed by atoms with Gasteiger partial charge in [0.25, 0.3) is 0 Å². The number of rotatable bonds is 4. The van der Waals surface area contributed by atoms with Crippen molar-refractivity contribution in [1.29, 1.82) is 0 Å². The van der Waals surface area contributed by atoms with Gasteiger partial charge in [0.1, 0.15) is 0 Å². The summed E-state index contributed by atoms with van der Waals surface area (Å²) in [4.78, 5) is 29.5. The summed E-state index contributed by atoms with van der Waals surface area (Å²) in [6.45, 7) is 1.18. The van der Waals surface area contributed by atoms with Crippen LogP contribution in [0.4, 0.5) is 0 Å². The van der Waals surface area contributed by atoms with Crippen LogP contribution in [0.25, 0.3) is 0 Å². The first-order chi connectivity index (χ1) is 8.97. The van der Waals surface area contributed by atoms with E-state index in [0.29, 0.717) is 18.8 Å². The van der Waals surface area contributed by atoms with Crippen LogP contribution in [-0.4, -0.2) is 50.7 Å². The Hall–Kier alpha value is -2.09. The Labute approximate surface area is 125 Å². The van der Waals surface area contributed by atoms with Crippen molar-refractivity contribution in [1.82, 2.24) is 14.8 Å². The van der Waals surface area contributed by atoms with Crippen LogP contribution < -0.4 is 0 Å². The number of hydrogen-bond acceptors (Lipinski definition) is 5. The molecule has 8 heteroatoms. The quantitative estimate of drug-likeness (QED) is 0.848. The first-order valence-corrected chi connectivity index (χ1v) is 5.55. The van der Waals surface area contributed by atoms with Gasteiger partial charge in [0.2, 0.25) is 0 Å². The molecule has 1 aromatic rings. The summed E-state index contributed by atoms with van der Waals surface area (Å²) in [5.41, 5.74) is -0.0748. The van der Waals surface area contributed by atoms with E-state index in [2.05, 4.69) is 4.98 Å². The predicted octanol–water partition coefficient (Wildman–Crippen LogP) is 1.23. The lowest BCUT2D eigenvalue weighted by Crippen LogP contribution is -2.22. The standard InChI is InChI=1S/C12H13N3O4.BrH/c1-14-2-3-15(7-14)6-8-4-9(11(16)17)10(12(18)19)13-5-8;/h2-5H,6-7H2,1H3,(H,16,17)(H,18,19);1H. The molecule has 2 N–H and O–H groups in total. The zero-order valence-corrected chi connectivity index (χ0v) is 12.4. The Morgan fingerprint density at radius 1 is 1.30 bits per heavy atom. The zero-order valence-electron chi connectivity index (χ0n) is 10.7. The molecule has 0 aromatic carbocycles. The van der Waals surface area contributed by atoms with Gasteiger partial charge in [0, 0.05) is 32.2 Å². The Morgan fingerprint density at radius 2 is 2.00 bits per heavy atom. The highest BCUT2D eigenvalue weighted by molar-refractivity contribution is 8.93. The lowest BCUT2D eigenvalue weighted by Gasteiger charge is -2.18. The molecular weight excluding hydrogens is 330 g/mol. The maximum Gasteiger partial charge on any atom is 0.355 e. The Morgan fingerprint density at radius 3 is 2.50 bits per heavy atom. The topological polar surface area (TPSA) is 94.0 Å². The van der Waals surface area contributed by atoms with Crippen LogP contribution in [0.2, 0.25) is 0 Å². The molecule has 0 saturated heterocycles. The molecule has 108 valence electrons. The van der Waals surface area contributed by atoms with E-state index in [1.807, 2.05) is 29.2 Å². The molecule has 1 aromatic heterocycles. The minimum atomic E-state index is -1.34. The van der Waals surface area contributed by atoms with E-state index in [1.165, 1.54) is 12.3 Å². The number of aromatic nitrogens is 1. The van der Waals surface area contributed by atoms with E-state index < -0.39 is 17.6 Å². The number of nitrogens with zero attached hydrogens (tertiary/aromatic N) is 3. The molecule has 0 amide bonds. The van der Waals surface area contributed by atoms with E-state index in [9.17, 15) is 9.59 Å². The maximum absolute atomic E-state index is 11.0. The van der Waals surface area contributed by atoms with Gasteiger partial charge in [-0.25, -0.2) is 14.6 Å². The summed E-state index contributed by atoms with van der Waals surface area (Å²) in [5.74, 6) is -2.63. The van der Waals surface area contributed by atoms with Gasteiger partial charge in [-0.15, -0.1) is 17.0 Å². The molecule has 0 aliphatic carbocycles. The molecule has 0 spiro atoms. The smallest absolute Gasteiger partial charge is 0.355 e. The van der Waals surface area contributed by atoms with Crippen molar-refractivity contribution < 1.29 is 19.8 Å². The average molecular weight is 344 g/mol. The highest BCUT2D eigenvalue weighted by Gasteiger charge is 2.19. The van der Waals surface area contributed by atoms with Gasteiger partial charge < -0.3 is 20.0 Å². The molecule has 20 heavy (non-hydrogen) atoms. The number of carboxylic acid groups (broad SMARTS) is 2. The van der Waals surface area contributed by atoms with Crippen molar-refractivity contribution >= 4 is 28.9 Å². The number of aromatic carboxylic acids is 2. The van der Waals surface area contributed by atoms with E-state index >= 15 is 0 Å². The second kappa shape index (κ2) is 6.38. The van der Waals surface area contributed by atoms with E-state index in [-0.39, 0.29) is 22.5 Å². The first kappa shape index (κ1) is 16.0. The monoisotopic (exact) mass is 343 g/mol. The molecule has 0 radical (unpaired) electrons. The minimum absolute atomic E-state index is 0. The van der Waals surface area contributed by atoms with E-state index in [1.54, 1.807) is 0 Å². The maximum atomic E-state index is 11.0. The third-order valence-electron chi connectivity index (χ3n) is 2.70. The van der Waals surface area contributed by atoms with Gasteiger partial charge in [-0.3, -0.25) is 0 Å². The molecular formula is C12H14BrN3O4. The Balaban J connectivity index is 0.00000200. The first-order valence-electron chi connectivity index (χ1n) is 5.55. The van der Waals surface area contributed by atoms with Crippen LogP contribution >= 0.6 is 17.0 Å². The molecule has 2 rings (SSSR count). The van der Waals surface area contributed by atoms with Gasteiger partial charge in [0.05, 0.1) is 12.2 Å². The van der Waals surface area contributed by atoms with Crippen molar-refractivity contribution in [3.05, 3.63) is 41.5 Å². The summed E-state index contributed by atoms with van der Waals surface area (Å²) in [7, 11) is 1.92. The summed E-state index contributed by atoms with van der Waals surface area (Å²) < 4.78 is 0. The molecule has 0 saturated carbocycles. The average Bonchev–Trinajstić information content (AvgIpc) is 2.74. The number of halogens is 1. The minimum Gasteiger partial charge on any atom is -0.478 e. The van der Waals surface area contributed by atoms with Crippen molar-refractivity contribution in [2.24, 2.45) is 0 Å². The van der Waals surface area contributed by atoms with Crippen LogP contribution in [0, 0.1) is 0 Å². The van der Waals surface area contributed by atoms with Crippen LogP contribution in [0.5, 0.6) is 0 Å². The van der Waals surface area contributed by atoms with Gasteiger partial charge in [-0.2, -0.15) is 0 Å². The molecule has 1 aliphatic heterocycles. The summed E-state index contributed by atoms with van der Waals surface area (Å²) >= 11 is 0. The van der Waals surface area contributed by atoms with E-state index in [4.69, 9.17) is 10.2 Å². The van der Waals surface area contributed by atoms with Crippen LogP contribution in [0.15, 0.2) is 24.7 Å². The summed E-state index contributed by atoms with van der Waals surface area (Å²) in [6, 6.07) is 1.35. The SMILES string of the molecule is Br.CN1C=CN(Cc2cnc(C(=O)O)c(C(=O)O)c2)C1. The van der Waals surface area contributed by atoms with Crippen LogP contribution in [-0.2, 0) is 6.54 Å². The second-order valence-electron chi connectivity index (χ2n) is 4.29. The van der Waals surface area contributed by atoms with Crippen molar-refractivity contribution in [2.75, 3.05) is 13.7 Å². The third kappa shape index (κ3) is 3.47. The molecule has 7 nitrogen and oxygen atoms in total. The molecule has 0 atom stereocenters. The summed E-state index contributed by atoms with van der Waals surface area (Å²) in [6.07, 6.45) is 5.17. The number of carboxylic acids is 2. The van der Waals surface area contributed by atoms with Gasteiger partial charge in [0.15, 0.2) is 5.69 Å². The number of carbonyl (C=O) groups is 2.